The monoisotopic (exact) mass is 423 g/mol. The molecule has 0 atom stereocenters. The van der Waals surface area contributed by atoms with Gasteiger partial charge in [-0.2, -0.15) is 0 Å². The Morgan fingerprint density at radius 1 is 1.00 bits per heavy atom. The molecule has 0 bridgehead atoms. The molecule has 0 saturated heterocycles. The molecule has 0 radical (unpaired) electrons. The van der Waals surface area contributed by atoms with Gasteiger partial charge in [0, 0.05) is 41.1 Å². The second-order valence-corrected chi connectivity index (χ2v) is 8.06. The van der Waals surface area contributed by atoms with Crippen LogP contribution < -0.4 is 10.2 Å². The van der Waals surface area contributed by atoms with Crippen LogP contribution in [0.5, 0.6) is 0 Å². The van der Waals surface area contributed by atoms with Crippen molar-refractivity contribution in [3.8, 4) is 22.6 Å². The van der Waals surface area contributed by atoms with E-state index in [0.29, 0.717) is 24.4 Å². The van der Waals surface area contributed by atoms with Gasteiger partial charge in [-0.15, -0.1) is 0 Å². The molecule has 158 valence electrons. The first kappa shape index (κ1) is 18.7. The zero-order valence-corrected chi connectivity index (χ0v) is 17.6. The molecule has 2 aliphatic rings. The minimum Gasteiger partial charge on any atom is -0.423 e. The molecular formula is C24H21N7O. The highest BCUT2D eigenvalue weighted by Gasteiger charge is 2.55. The fourth-order valence-electron chi connectivity index (χ4n) is 4.14. The van der Waals surface area contributed by atoms with Crippen LogP contribution in [0.4, 0.5) is 17.7 Å². The number of aromatic nitrogens is 4. The summed E-state index contributed by atoms with van der Waals surface area (Å²) in [5.74, 6) is 1.23. The molecule has 1 saturated carbocycles. The van der Waals surface area contributed by atoms with Gasteiger partial charge in [-0.25, -0.2) is 15.0 Å². The van der Waals surface area contributed by atoms with Gasteiger partial charge in [0.15, 0.2) is 5.76 Å². The highest BCUT2D eigenvalue weighted by molar-refractivity contribution is 5.99. The second-order valence-electron chi connectivity index (χ2n) is 8.06. The highest BCUT2D eigenvalue weighted by atomic mass is 16.4. The van der Waals surface area contributed by atoms with Gasteiger partial charge in [-0.3, -0.25) is 14.9 Å². The molecule has 4 heterocycles. The van der Waals surface area contributed by atoms with Gasteiger partial charge in [0.05, 0.1) is 17.4 Å². The molecule has 8 heteroatoms. The van der Waals surface area contributed by atoms with E-state index in [1.807, 2.05) is 42.5 Å². The first-order valence-electron chi connectivity index (χ1n) is 10.6. The van der Waals surface area contributed by atoms with Crippen LogP contribution in [0.25, 0.3) is 22.6 Å². The van der Waals surface area contributed by atoms with Crippen LogP contribution in [0, 0.1) is 0 Å². The summed E-state index contributed by atoms with van der Waals surface area (Å²) in [7, 11) is 0. The number of pyridine rings is 1. The summed E-state index contributed by atoms with van der Waals surface area (Å²) in [5, 5.41) is 3.28. The van der Waals surface area contributed by atoms with Crippen molar-refractivity contribution in [1.82, 2.24) is 19.9 Å². The lowest BCUT2D eigenvalue weighted by Crippen LogP contribution is -2.37. The van der Waals surface area contributed by atoms with E-state index >= 15 is 0 Å². The Balaban J connectivity index is 1.23. The minimum atomic E-state index is 0.0299. The number of hydrogen-bond donors (Lipinski definition) is 1. The minimum absolute atomic E-state index is 0.0299. The lowest BCUT2D eigenvalue weighted by Gasteiger charge is -2.21. The fraction of sp³-hybridized carbons (Fsp3) is 0.208. The van der Waals surface area contributed by atoms with Crippen molar-refractivity contribution in [3.63, 3.8) is 0 Å². The van der Waals surface area contributed by atoms with Gasteiger partial charge in [0.25, 0.3) is 6.01 Å². The van der Waals surface area contributed by atoms with Crippen molar-refractivity contribution >= 4 is 23.4 Å². The molecule has 0 amide bonds. The van der Waals surface area contributed by atoms with Gasteiger partial charge in [-0.1, -0.05) is 12.1 Å². The number of aliphatic imine (C=N–C) groups is 1. The van der Waals surface area contributed by atoms with Gasteiger partial charge >= 0.3 is 0 Å². The number of hydrogen-bond acceptors (Lipinski definition) is 8. The molecule has 8 nitrogen and oxygen atoms in total. The maximum absolute atomic E-state index is 6.14. The van der Waals surface area contributed by atoms with E-state index in [2.05, 4.69) is 42.1 Å². The van der Waals surface area contributed by atoms with Crippen LogP contribution in [0.2, 0.25) is 0 Å². The number of anilines is 3. The van der Waals surface area contributed by atoms with Crippen molar-refractivity contribution in [2.24, 2.45) is 4.99 Å². The maximum atomic E-state index is 6.14. The summed E-state index contributed by atoms with van der Waals surface area (Å²) < 4.78 is 6.14. The Bertz CT molecular complexity index is 1310. The molecule has 1 aliphatic heterocycles. The zero-order chi connectivity index (χ0) is 21.5. The fourth-order valence-corrected chi connectivity index (χ4v) is 4.14. The molecular weight excluding hydrogens is 402 g/mol. The molecule has 32 heavy (non-hydrogen) atoms. The highest BCUT2D eigenvalue weighted by Crippen LogP contribution is 2.48. The molecule has 3 aromatic heterocycles. The standard InChI is InChI=1S/C24H21N7O/c1-16-24(8-9-24)31(15-28-16)23-27-14-21(32-23)17-4-2-6-19(12-17)29-22-26-11-7-20(30-22)18-5-3-10-25-13-18/h2-7,10-14H,8-9,15H2,1H3,(H,26,29,30). The predicted molar refractivity (Wildman–Crippen MR) is 123 cm³/mol. The van der Waals surface area contributed by atoms with E-state index in [0.717, 1.165) is 35.3 Å². The number of oxazole rings is 1. The average molecular weight is 423 g/mol. The van der Waals surface area contributed by atoms with Crippen LogP contribution >= 0.6 is 0 Å². The van der Waals surface area contributed by atoms with Crippen molar-refractivity contribution in [3.05, 3.63) is 67.3 Å². The third kappa shape index (κ3) is 3.20. The molecule has 1 aromatic carbocycles. The van der Waals surface area contributed by atoms with E-state index in [4.69, 9.17) is 4.42 Å². The van der Waals surface area contributed by atoms with E-state index in [1.165, 1.54) is 5.71 Å². The van der Waals surface area contributed by atoms with Crippen molar-refractivity contribution < 1.29 is 4.42 Å². The largest absolute Gasteiger partial charge is 0.423 e. The van der Waals surface area contributed by atoms with Gasteiger partial charge in [-0.05, 0) is 50.1 Å². The second kappa shape index (κ2) is 7.26. The molecule has 1 aliphatic carbocycles. The van der Waals surface area contributed by atoms with E-state index in [9.17, 15) is 0 Å². The number of benzene rings is 1. The maximum Gasteiger partial charge on any atom is 0.300 e. The zero-order valence-electron chi connectivity index (χ0n) is 17.6. The Morgan fingerprint density at radius 2 is 1.91 bits per heavy atom. The quantitative estimate of drug-likeness (QED) is 0.497. The van der Waals surface area contributed by atoms with Crippen LogP contribution in [0.15, 0.2) is 76.7 Å². The third-order valence-electron chi connectivity index (χ3n) is 6.10. The SMILES string of the molecule is CC1=NCN(c2ncc(-c3cccc(Nc4nccc(-c5cccnc5)n4)c3)o2)C12CC2. The predicted octanol–water partition coefficient (Wildman–Crippen LogP) is 4.71. The average Bonchev–Trinajstić information content (AvgIpc) is 3.37. The van der Waals surface area contributed by atoms with Crippen LogP contribution in [-0.2, 0) is 0 Å². The van der Waals surface area contributed by atoms with Crippen LogP contribution in [0.1, 0.15) is 19.8 Å². The third-order valence-corrected chi connectivity index (χ3v) is 6.10. The summed E-state index contributed by atoms with van der Waals surface area (Å²) in [6.07, 6.45) is 9.25. The first-order valence-corrected chi connectivity index (χ1v) is 10.6. The normalized spacial score (nSPS) is 16.3. The van der Waals surface area contributed by atoms with E-state index in [-0.39, 0.29) is 5.54 Å². The summed E-state index contributed by atoms with van der Waals surface area (Å²) in [5.41, 5.74) is 4.75. The van der Waals surface area contributed by atoms with Crippen molar-refractivity contribution in [2.75, 3.05) is 16.9 Å². The molecule has 1 fully saturated rings. The Hall–Kier alpha value is -4.07. The van der Waals surface area contributed by atoms with Crippen LogP contribution in [-0.4, -0.2) is 37.9 Å². The van der Waals surface area contributed by atoms with Crippen LogP contribution in [0.3, 0.4) is 0 Å². The summed E-state index contributed by atoms with van der Waals surface area (Å²) >= 11 is 0. The molecule has 0 unspecified atom stereocenters. The molecule has 4 aromatic rings. The molecule has 1 N–H and O–H groups in total. The Kier molecular flexibility index (Phi) is 4.24. The van der Waals surface area contributed by atoms with E-state index in [1.54, 1.807) is 24.8 Å². The Labute approximate surface area is 185 Å². The van der Waals surface area contributed by atoms with Crippen molar-refractivity contribution in [2.45, 2.75) is 25.3 Å². The topological polar surface area (TPSA) is 92.3 Å². The number of rotatable bonds is 5. The number of nitrogens with zero attached hydrogens (tertiary/aromatic N) is 6. The van der Waals surface area contributed by atoms with Gasteiger partial charge in [0.1, 0.15) is 6.67 Å². The summed E-state index contributed by atoms with van der Waals surface area (Å²) in [6.45, 7) is 2.70. The molecule has 1 spiro atoms. The molecule has 6 rings (SSSR count). The first-order chi connectivity index (χ1) is 15.7. The number of nitrogens with one attached hydrogen (secondary N) is 1. The van der Waals surface area contributed by atoms with Crippen molar-refractivity contribution in [1.29, 1.82) is 0 Å². The van der Waals surface area contributed by atoms with Gasteiger partial charge < -0.3 is 9.73 Å². The van der Waals surface area contributed by atoms with Gasteiger partial charge in [0.2, 0.25) is 5.95 Å². The lowest BCUT2D eigenvalue weighted by atomic mass is 10.1. The smallest absolute Gasteiger partial charge is 0.300 e. The Morgan fingerprint density at radius 3 is 2.75 bits per heavy atom. The lowest BCUT2D eigenvalue weighted by molar-refractivity contribution is 0.539. The summed E-state index contributed by atoms with van der Waals surface area (Å²) in [4.78, 5) is 24.4. The summed E-state index contributed by atoms with van der Waals surface area (Å²) in [6, 6.07) is 14.3. The van der Waals surface area contributed by atoms with E-state index < -0.39 is 0 Å².